The fourth-order valence-electron chi connectivity index (χ4n) is 1.56. The monoisotopic (exact) mass is 325 g/mol. The predicted octanol–water partition coefficient (Wildman–Crippen LogP) is 2.40. The van der Waals surface area contributed by atoms with E-state index >= 15 is 0 Å². The third-order valence-corrected chi connectivity index (χ3v) is 3.62. The molecule has 0 saturated carbocycles. The van der Waals surface area contributed by atoms with E-state index < -0.39 is 27.3 Å². The van der Waals surface area contributed by atoms with E-state index in [0.29, 0.717) is 13.1 Å². The molecule has 1 amide bonds. The van der Waals surface area contributed by atoms with Gasteiger partial charge in [-0.05, 0) is 26.0 Å². The maximum Gasteiger partial charge on any atom is 0.534 e. The molecule has 1 aromatic rings. The Hall–Kier alpha value is -1.77. The highest BCUT2D eigenvalue weighted by molar-refractivity contribution is 7.88. The van der Waals surface area contributed by atoms with E-state index in [1.807, 2.05) is 0 Å². The molecule has 0 aliphatic heterocycles. The van der Waals surface area contributed by atoms with Gasteiger partial charge >= 0.3 is 15.6 Å². The molecule has 1 aromatic carbocycles. The second kappa shape index (κ2) is 6.33. The first-order chi connectivity index (χ1) is 9.64. The lowest BCUT2D eigenvalue weighted by atomic mass is 10.2. The van der Waals surface area contributed by atoms with Gasteiger partial charge in [-0.15, -0.1) is 0 Å². The smallest absolute Gasteiger partial charge is 0.375 e. The molecule has 21 heavy (non-hydrogen) atoms. The van der Waals surface area contributed by atoms with Gasteiger partial charge in [-0.2, -0.15) is 21.6 Å². The Morgan fingerprint density at radius 3 is 2.19 bits per heavy atom. The highest BCUT2D eigenvalue weighted by Gasteiger charge is 2.49. The number of amides is 1. The van der Waals surface area contributed by atoms with Crippen LogP contribution in [0, 0.1) is 0 Å². The van der Waals surface area contributed by atoms with Crippen LogP contribution < -0.4 is 4.18 Å². The number of para-hydroxylation sites is 1. The van der Waals surface area contributed by atoms with Crippen molar-refractivity contribution in [2.75, 3.05) is 13.1 Å². The van der Waals surface area contributed by atoms with E-state index in [-0.39, 0.29) is 5.56 Å². The molecule has 0 N–H and O–H groups in total. The van der Waals surface area contributed by atoms with Crippen LogP contribution in [-0.4, -0.2) is 37.8 Å². The quantitative estimate of drug-likeness (QED) is 0.616. The van der Waals surface area contributed by atoms with Crippen LogP contribution in [0.15, 0.2) is 24.3 Å². The van der Waals surface area contributed by atoms with E-state index in [1.54, 1.807) is 13.8 Å². The molecule has 0 atom stereocenters. The molecular formula is C12H14F3NO4S. The van der Waals surface area contributed by atoms with Crippen LogP contribution >= 0.6 is 0 Å². The number of alkyl halides is 3. The number of nitrogens with zero attached hydrogens (tertiary/aromatic N) is 1. The Balaban J connectivity index is 3.20. The lowest BCUT2D eigenvalue weighted by Crippen LogP contribution is -2.32. The Kier molecular flexibility index (Phi) is 5.21. The van der Waals surface area contributed by atoms with Crippen LogP contribution in [0.5, 0.6) is 5.75 Å². The fraction of sp³-hybridized carbons (Fsp3) is 0.417. The van der Waals surface area contributed by atoms with Crippen molar-refractivity contribution in [2.45, 2.75) is 19.4 Å². The minimum atomic E-state index is -5.82. The summed E-state index contributed by atoms with van der Waals surface area (Å²) >= 11 is 0. The maximum atomic E-state index is 12.3. The van der Waals surface area contributed by atoms with Crippen molar-refractivity contribution in [2.24, 2.45) is 0 Å². The molecule has 9 heteroatoms. The summed E-state index contributed by atoms with van der Waals surface area (Å²) in [7, 11) is -5.82. The number of benzene rings is 1. The van der Waals surface area contributed by atoms with Gasteiger partial charge in [0.25, 0.3) is 5.91 Å². The Morgan fingerprint density at radius 2 is 1.71 bits per heavy atom. The van der Waals surface area contributed by atoms with Crippen molar-refractivity contribution < 1.29 is 30.6 Å². The summed E-state index contributed by atoms with van der Waals surface area (Å²) in [5.41, 5.74) is -5.80. The minimum absolute atomic E-state index is 0.242. The van der Waals surface area contributed by atoms with Crippen molar-refractivity contribution in [1.82, 2.24) is 4.90 Å². The minimum Gasteiger partial charge on any atom is -0.375 e. The second-order valence-electron chi connectivity index (χ2n) is 3.96. The average molecular weight is 325 g/mol. The summed E-state index contributed by atoms with van der Waals surface area (Å²) < 4.78 is 63.1. The van der Waals surface area contributed by atoms with E-state index in [2.05, 4.69) is 4.18 Å². The number of hydrogen-bond acceptors (Lipinski definition) is 4. The summed E-state index contributed by atoms with van der Waals surface area (Å²) in [6.07, 6.45) is 0. The molecule has 0 aromatic heterocycles. The average Bonchev–Trinajstić information content (AvgIpc) is 2.38. The van der Waals surface area contributed by atoms with Gasteiger partial charge in [-0.3, -0.25) is 4.79 Å². The lowest BCUT2D eigenvalue weighted by molar-refractivity contribution is -0.0500. The van der Waals surface area contributed by atoms with Gasteiger partial charge in [0.05, 0.1) is 5.56 Å². The normalized spacial score (nSPS) is 12.0. The number of halogens is 3. The van der Waals surface area contributed by atoms with Gasteiger partial charge in [0.15, 0.2) is 5.75 Å². The van der Waals surface area contributed by atoms with Crippen molar-refractivity contribution in [3.05, 3.63) is 29.8 Å². The molecule has 0 aliphatic rings. The zero-order valence-electron chi connectivity index (χ0n) is 11.3. The van der Waals surface area contributed by atoms with E-state index in [9.17, 15) is 26.4 Å². The van der Waals surface area contributed by atoms with Crippen LogP contribution in [0.2, 0.25) is 0 Å². The van der Waals surface area contributed by atoms with Crippen molar-refractivity contribution >= 4 is 16.0 Å². The third-order valence-electron chi connectivity index (χ3n) is 2.65. The van der Waals surface area contributed by atoms with E-state index in [1.165, 1.54) is 23.1 Å². The summed E-state index contributed by atoms with van der Waals surface area (Å²) in [5.74, 6) is -1.25. The van der Waals surface area contributed by atoms with Gasteiger partial charge in [-0.1, -0.05) is 12.1 Å². The highest BCUT2D eigenvalue weighted by atomic mass is 32.2. The molecule has 5 nitrogen and oxygen atoms in total. The first-order valence-electron chi connectivity index (χ1n) is 6.03. The number of hydrogen-bond donors (Lipinski definition) is 0. The van der Waals surface area contributed by atoms with Crippen LogP contribution in [0.1, 0.15) is 24.2 Å². The van der Waals surface area contributed by atoms with Gasteiger partial charge < -0.3 is 9.08 Å². The third kappa shape index (κ3) is 3.87. The van der Waals surface area contributed by atoms with Gasteiger partial charge in [-0.25, -0.2) is 0 Å². The standard InChI is InChI=1S/C12H14F3NO4S/c1-3-16(4-2)11(17)9-7-5-6-8-10(9)20-21(18,19)12(13,14)15/h5-8H,3-4H2,1-2H3. The number of rotatable bonds is 5. The molecule has 0 aliphatic carbocycles. The molecule has 0 heterocycles. The summed E-state index contributed by atoms with van der Waals surface area (Å²) in [6, 6.07) is 4.89. The second-order valence-corrected chi connectivity index (χ2v) is 5.49. The Morgan fingerprint density at radius 1 is 1.19 bits per heavy atom. The predicted molar refractivity (Wildman–Crippen MR) is 69.3 cm³/mol. The summed E-state index contributed by atoms with van der Waals surface area (Å²) in [4.78, 5) is 13.5. The van der Waals surface area contributed by atoms with Gasteiger partial charge in [0.1, 0.15) is 0 Å². The van der Waals surface area contributed by atoms with Crippen LogP contribution in [-0.2, 0) is 10.1 Å². The van der Waals surface area contributed by atoms with Crippen molar-refractivity contribution in [3.63, 3.8) is 0 Å². The largest absolute Gasteiger partial charge is 0.534 e. The van der Waals surface area contributed by atoms with Crippen molar-refractivity contribution in [1.29, 1.82) is 0 Å². The first kappa shape index (κ1) is 17.3. The zero-order chi connectivity index (χ0) is 16.3. The summed E-state index contributed by atoms with van der Waals surface area (Å²) in [5, 5.41) is 0. The molecular weight excluding hydrogens is 311 g/mol. The molecule has 1 rings (SSSR count). The molecule has 0 spiro atoms. The fourth-order valence-corrected chi connectivity index (χ4v) is 2.04. The van der Waals surface area contributed by atoms with Crippen LogP contribution in [0.25, 0.3) is 0 Å². The lowest BCUT2D eigenvalue weighted by Gasteiger charge is -2.20. The first-order valence-corrected chi connectivity index (χ1v) is 7.44. The van der Waals surface area contributed by atoms with E-state index in [0.717, 1.165) is 6.07 Å². The van der Waals surface area contributed by atoms with E-state index in [4.69, 9.17) is 0 Å². The highest BCUT2D eigenvalue weighted by Crippen LogP contribution is 2.29. The van der Waals surface area contributed by atoms with Crippen LogP contribution in [0.4, 0.5) is 13.2 Å². The Bertz CT molecular complexity index is 609. The summed E-state index contributed by atoms with van der Waals surface area (Å²) in [6.45, 7) is 4.04. The molecule has 118 valence electrons. The van der Waals surface area contributed by atoms with Gasteiger partial charge in [0.2, 0.25) is 0 Å². The number of carbonyl (C=O) groups excluding carboxylic acids is 1. The zero-order valence-corrected chi connectivity index (χ0v) is 12.2. The molecule has 0 bridgehead atoms. The van der Waals surface area contributed by atoms with Crippen molar-refractivity contribution in [3.8, 4) is 5.75 Å². The maximum absolute atomic E-state index is 12.3. The van der Waals surface area contributed by atoms with Crippen LogP contribution in [0.3, 0.4) is 0 Å². The topological polar surface area (TPSA) is 63.7 Å². The molecule has 0 fully saturated rings. The number of carbonyl (C=O) groups is 1. The Labute approximate surface area is 120 Å². The molecule has 0 unspecified atom stereocenters. The van der Waals surface area contributed by atoms with Gasteiger partial charge in [0, 0.05) is 13.1 Å². The molecule has 0 saturated heterocycles. The molecule has 0 radical (unpaired) electrons. The SMILES string of the molecule is CCN(CC)C(=O)c1ccccc1OS(=O)(=O)C(F)(F)F.